The molecule has 1 aliphatic carbocycles. The maximum atomic E-state index is 4.17. The van der Waals surface area contributed by atoms with Crippen LogP contribution in [0.5, 0.6) is 0 Å². The number of rotatable bonds is 2. The van der Waals surface area contributed by atoms with E-state index in [2.05, 4.69) is 24.3 Å². The summed E-state index contributed by atoms with van der Waals surface area (Å²) in [4.78, 5) is 0. The normalized spacial score (nSPS) is 31.5. The Morgan fingerprint density at radius 1 is 1.27 bits per heavy atom. The van der Waals surface area contributed by atoms with Crippen molar-refractivity contribution < 1.29 is 0 Å². The summed E-state index contributed by atoms with van der Waals surface area (Å²) in [7, 11) is 1.98. The van der Waals surface area contributed by atoms with Gasteiger partial charge in [-0.15, -0.1) is 0 Å². The van der Waals surface area contributed by atoms with Gasteiger partial charge in [0, 0.05) is 19.2 Å². The Labute approximate surface area is 91.9 Å². The predicted octanol–water partition coefficient (Wildman–Crippen LogP) is 2.66. The lowest BCUT2D eigenvalue weighted by molar-refractivity contribution is 0.280. The van der Waals surface area contributed by atoms with Crippen LogP contribution in [0.3, 0.4) is 0 Å². The third-order valence-corrected chi connectivity index (χ3v) is 3.35. The Morgan fingerprint density at radius 3 is 2.47 bits per heavy atom. The van der Waals surface area contributed by atoms with E-state index in [1.54, 1.807) is 0 Å². The molecule has 15 heavy (non-hydrogen) atoms. The molecule has 0 aromatic carbocycles. The van der Waals surface area contributed by atoms with Gasteiger partial charge in [0.1, 0.15) is 5.82 Å². The lowest BCUT2D eigenvalue weighted by atomic mass is 9.80. The highest BCUT2D eigenvalue weighted by molar-refractivity contribution is 5.34. The Hall–Kier alpha value is -0.990. The summed E-state index contributed by atoms with van der Waals surface area (Å²) >= 11 is 0. The van der Waals surface area contributed by atoms with Crippen molar-refractivity contribution >= 4 is 5.82 Å². The fourth-order valence-electron chi connectivity index (χ4n) is 2.79. The van der Waals surface area contributed by atoms with Crippen LogP contribution in [0.4, 0.5) is 5.82 Å². The van der Waals surface area contributed by atoms with E-state index in [1.165, 1.54) is 19.3 Å². The molecule has 3 nitrogen and oxygen atoms in total. The van der Waals surface area contributed by atoms with Crippen LogP contribution in [-0.2, 0) is 7.05 Å². The second-order valence-electron chi connectivity index (χ2n) is 5.10. The van der Waals surface area contributed by atoms with E-state index in [0.29, 0.717) is 6.04 Å². The first-order chi connectivity index (χ1) is 7.15. The summed E-state index contributed by atoms with van der Waals surface area (Å²) in [5.41, 5.74) is 0. The van der Waals surface area contributed by atoms with Crippen LogP contribution in [0, 0.1) is 11.8 Å². The second kappa shape index (κ2) is 4.25. The summed E-state index contributed by atoms with van der Waals surface area (Å²) in [5.74, 6) is 2.83. The fourth-order valence-corrected chi connectivity index (χ4v) is 2.79. The second-order valence-corrected chi connectivity index (χ2v) is 5.10. The fraction of sp³-hybridized carbons (Fsp3) is 0.750. The first-order valence-electron chi connectivity index (χ1n) is 5.89. The molecule has 3 heteroatoms. The van der Waals surface area contributed by atoms with E-state index < -0.39 is 0 Å². The van der Waals surface area contributed by atoms with Crippen LogP contribution < -0.4 is 5.32 Å². The molecule has 1 aromatic heterocycles. The molecular weight excluding hydrogens is 186 g/mol. The summed E-state index contributed by atoms with van der Waals surface area (Å²) in [6.07, 6.45) is 5.80. The van der Waals surface area contributed by atoms with Crippen LogP contribution >= 0.6 is 0 Å². The van der Waals surface area contributed by atoms with E-state index in [9.17, 15) is 0 Å². The average molecular weight is 207 g/mol. The van der Waals surface area contributed by atoms with Crippen LogP contribution in [0.2, 0.25) is 0 Å². The van der Waals surface area contributed by atoms with Crippen molar-refractivity contribution in [3.8, 4) is 0 Å². The van der Waals surface area contributed by atoms with E-state index in [0.717, 1.165) is 17.7 Å². The molecule has 2 unspecified atom stereocenters. The molecule has 84 valence electrons. The topological polar surface area (TPSA) is 29.9 Å². The lowest BCUT2D eigenvalue weighted by Gasteiger charge is -2.32. The van der Waals surface area contributed by atoms with E-state index in [4.69, 9.17) is 0 Å². The van der Waals surface area contributed by atoms with Gasteiger partial charge in [0.05, 0.1) is 6.20 Å². The van der Waals surface area contributed by atoms with E-state index >= 15 is 0 Å². The molecule has 1 saturated carbocycles. The van der Waals surface area contributed by atoms with E-state index in [1.807, 2.05) is 24.0 Å². The third-order valence-electron chi connectivity index (χ3n) is 3.35. The number of hydrogen-bond acceptors (Lipinski definition) is 2. The summed E-state index contributed by atoms with van der Waals surface area (Å²) in [5, 5.41) is 7.76. The van der Waals surface area contributed by atoms with Gasteiger partial charge in [-0.25, -0.2) is 0 Å². The first-order valence-corrected chi connectivity index (χ1v) is 5.89. The molecular formula is C12H21N3. The Balaban J connectivity index is 1.97. The zero-order valence-electron chi connectivity index (χ0n) is 9.90. The van der Waals surface area contributed by atoms with Crippen molar-refractivity contribution in [1.29, 1.82) is 0 Å². The predicted molar refractivity (Wildman–Crippen MR) is 62.8 cm³/mol. The van der Waals surface area contributed by atoms with Crippen LogP contribution in [0.1, 0.15) is 33.1 Å². The van der Waals surface area contributed by atoms with Crippen LogP contribution in [0.25, 0.3) is 0 Å². The molecule has 0 radical (unpaired) electrons. The minimum Gasteiger partial charge on any atom is -0.368 e. The molecule has 0 amide bonds. The average Bonchev–Trinajstić information content (AvgIpc) is 2.50. The number of aryl methyl sites for hydroxylation is 1. The van der Waals surface area contributed by atoms with Gasteiger partial charge in [-0.2, -0.15) is 5.10 Å². The van der Waals surface area contributed by atoms with Gasteiger partial charge in [0.25, 0.3) is 0 Å². The van der Waals surface area contributed by atoms with Gasteiger partial charge in [0.15, 0.2) is 0 Å². The number of aromatic nitrogens is 2. The molecule has 0 saturated heterocycles. The van der Waals surface area contributed by atoms with Crippen molar-refractivity contribution in [2.75, 3.05) is 5.32 Å². The van der Waals surface area contributed by atoms with Crippen molar-refractivity contribution in [1.82, 2.24) is 9.78 Å². The maximum Gasteiger partial charge on any atom is 0.124 e. The Morgan fingerprint density at radius 2 is 1.93 bits per heavy atom. The summed E-state index contributed by atoms with van der Waals surface area (Å²) < 4.78 is 1.91. The highest BCUT2D eigenvalue weighted by Gasteiger charge is 2.24. The van der Waals surface area contributed by atoms with Gasteiger partial charge in [-0.1, -0.05) is 13.8 Å². The van der Waals surface area contributed by atoms with Gasteiger partial charge in [-0.05, 0) is 31.1 Å². The molecule has 1 heterocycles. The van der Waals surface area contributed by atoms with Gasteiger partial charge in [0.2, 0.25) is 0 Å². The third kappa shape index (κ3) is 2.52. The quantitative estimate of drug-likeness (QED) is 0.808. The molecule has 0 bridgehead atoms. The number of hydrogen-bond donors (Lipinski definition) is 1. The Bertz CT molecular complexity index is 308. The summed E-state index contributed by atoms with van der Waals surface area (Å²) in [6.45, 7) is 4.71. The van der Waals surface area contributed by atoms with Crippen molar-refractivity contribution in [3.05, 3.63) is 12.3 Å². The largest absolute Gasteiger partial charge is 0.368 e. The first kappa shape index (κ1) is 10.5. The SMILES string of the molecule is CC1CC(C)CC(Nc2ccnn2C)C1. The minimum atomic E-state index is 0.624. The van der Waals surface area contributed by atoms with E-state index in [-0.39, 0.29) is 0 Å². The van der Waals surface area contributed by atoms with Gasteiger partial charge >= 0.3 is 0 Å². The standard InChI is InChI=1S/C12H21N3/c1-9-6-10(2)8-11(7-9)14-12-4-5-13-15(12)3/h4-5,9-11,14H,6-8H2,1-3H3. The number of nitrogens with one attached hydrogen (secondary N) is 1. The molecule has 0 spiro atoms. The zero-order chi connectivity index (χ0) is 10.8. The maximum absolute atomic E-state index is 4.17. The highest BCUT2D eigenvalue weighted by Crippen LogP contribution is 2.30. The van der Waals surface area contributed by atoms with Crippen LogP contribution in [0.15, 0.2) is 12.3 Å². The monoisotopic (exact) mass is 207 g/mol. The molecule has 1 fully saturated rings. The lowest BCUT2D eigenvalue weighted by Crippen LogP contribution is -2.30. The van der Waals surface area contributed by atoms with Gasteiger partial charge < -0.3 is 5.32 Å². The molecule has 0 aliphatic heterocycles. The zero-order valence-corrected chi connectivity index (χ0v) is 9.90. The molecule has 2 rings (SSSR count). The van der Waals surface area contributed by atoms with Crippen LogP contribution in [-0.4, -0.2) is 15.8 Å². The summed E-state index contributed by atoms with van der Waals surface area (Å²) in [6, 6.07) is 2.67. The number of anilines is 1. The highest BCUT2D eigenvalue weighted by atomic mass is 15.3. The Kier molecular flexibility index (Phi) is 2.98. The molecule has 1 aromatic rings. The minimum absolute atomic E-state index is 0.624. The molecule has 1 N–H and O–H groups in total. The van der Waals surface area contributed by atoms with Gasteiger partial charge in [-0.3, -0.25) is 4.68 Å². The van der Waals surface area contributed by atoms with Crippen molar-refractivity contribution in [2.45, 2.75) is 39.2 Å². The smallest absolute Gasteiger partial charge is 0.124 e. The molecule has 2 atom stereocenters. The van der Waals surface area contributed by atoms with Crippen molar-refractivity contribution in [3.63, 3.8) is 0 Å². The van der Waals surface area contributed by atoms with Crippen molar-refractivity contribution in [2.24, 2.45) is 18.9 Å². The molecule has 1 aliphatic rings. The number of nitrogens with zero attached hydrogens (tertiary/aromatic N) is 2.